The molecule has 3 heteroatoms. The lowest BCUT2D eigenvalue weighted by Crippen LogP contribution is -2.25. The monoisotopic (exact) mass is 310 g/mol. The molecule has 110 valence electrons. The van der Waals surface area contributed by atoms with Crippen LogP contribution < -0.4 is 10.6 Å². The van der Waals surface area contributed by atoms with E-state index in [1.54, 1.807) is 0 Å². The molecule has 1 aliphatic rings. The molecular weight excluding hydrogens is 296 g/mol. The van der Waals surface area contributed by atoms with Gasteiger partial charge in [-0.3, -0.25) is 0 Å². The fourth-order valence-electron chi connectivity index (χ4n) is 3.10. The summed E-state index contributed by atoms with van der Waals surface area (Å²) in [6, 6.07) is 15.4. The number of halogens is 1. The lowest BCUT2D eigenvalue weighted by molar-refractivity contribution is 0.222. The van der Waals surface area contributed by atoms with Crippen LogP contribution in [0.3, 0.4) is 0 Å². The van der Waals surface area contributed by atoms with Crippen molar-refractivity contribution in [3.8, 4) is 0 Å². The number of hydrogen-bond acceptors (Lipinski definition) is 2. The Bertz CT molecular complexity index is 954. The molecule has 22 heavy (non-hydrogen) atoms. The molecule has 3 aromatic rings. The molecular formula is C19H15ClO2. The molecule has 0 aliphatic heterocycles. The molecule has 0 spiro atoms. The molecule has 0 saturated heterocycles. The van der Waals surface area contributed by atoms with Gasteiger partial charge in [0.1, 0.15) is 17.1 Å². The molecule has 1 aromatic heterocycles. The quantitative estimate of drug-likeness (QED) is 0.786. The van der Waals surface area contributed by atoms with E-state index >= 15 is 0 Å². The fourth-order valence-corrected chi connectivity index (χ4v) is 3.35. The van der Waals surface area contributed by atoms with Crippen LogP contribution in [0.15, 0.2) is 52.9 Å². The first-order chi connectivity index (χ1) is 10.8. The van der Waals surface area contributed by atoms with Gasteiger partial charge in [-0.2, -0.15) is 0 Å². The summed E-state index contributed by atoms with van der Waals surface area (Å²) in [5.41, 5.74) is 3.25. The molecule has 0 bridgehead atoms. The molecule has 1 heterocycles. The largest absolute Gasteiger partial charge is 0.455 e. The zero-order valence-corrected chi connectivity index (χ0v) is 12.7. The van der Waals surface area contributed by atoms with Crippen LogP contribution in [-0.2, 0) is 0 Å². The highest BCUT2D eigenvalue weighted by atomic mass is 35.5. The van der Waals surface area contributed by atoms with Crippen LogP contribution in [-0.4, -0.2) is 5.11 Å². The second-order valence-corrected chi connectivity index (χ2v) is 5.98. The SMILES string of the molecule is OC(c1ccccc1)c1cccc2oc3c(c12)=CCCC=3Cl. The third-order valence-electron chi connectivity index (χ3n) is 4.15. The van der Waals surface area contributed by atoms with Crippen molar-refractivity contribution in [3.05, 3.63) is 70.3 Å². The van der Waals surface area contributed by atoms with E-state index in [4.69, 9.17) is 16.0 Å². The predicted molar refractivity (Wildman–Crippen MR) is 88.9 cm³/mol. The van der Waals surface area contributed by atoms with Crippen LogP contribution in [0.25, 0.3) is 22.1 Å². The van der Waals surface area contributed by atoms with Gasteiger partial charge in [-0.05, 0) is 30.0 Å². The van der Waals surface area contributed by atoms with Crippen molar-refractivity contribution in [3.63, 3.8) is 0 Å². The lowest BCUT2D eigenvalue weighted by Gasteiger charge is -2.12. The van der Waals surface area contributed by atoms with Crippen LogP contribution in [0.1, 0.15) is 30.1 Å². The average Bonchev–Trinajstić information content (AvgIpc) is 2.95. The van der Waals surface area contributed by atoms with Gasteiger partial charge in [-0.1, -0.05) is 60.1 Å². The summed E-state index contributed by atoms with van der Waals surface area (Å²) in [7, 11) is 0. The van der Waals surface area contributed by atoms with Gasteiger partial charge in [0.15, 0.2) is 0 Å². The second kappa shape index (κ2) is 5.31. The van der Waals surface area contributed by atoms with Gasteiger partial charge in [0.25, 0.3) is 0 Å². The molecule has 0 radical (unpaired) electrons. The first kappa shape index (κ1) is 13.6. The molecule has 0 fully saturated rings. The molecule has 1 N–H and O–H groups in total. The molecule has 0 saturated carbocycles. The number of hydrogen-bond donors (Lipinski definition) is 1. The third-order valence-corrected chi connectivity index (χ3v) is 4.51. The van der Waals surface area contributed by atoms with Crippen molar-refractivity contribution in [2.24, 2.45) is 0 Å². The van der Waals surface area contributed by atoms with Crippen molar-refractivity contribution in [1.82, 2.24) is 0 Å². The van der Waals surface area contributed by atoms with Crippen LogP contribution in [0, 0.1) is 0 Å². The maximum Gasteiger partial charge on any atom is 0.149 e. The van der Waals surface area contributed by atoms with E-state index in [1.165, 1.54) is 0 Å². The molecule has 0 amide bonds. The highest BCUT2D eigenvalue weighted by molar-refractivity contribution is 6.45. The maximum atomic E-state index is 10.8. The van der Waals surface area contributed by atoms with E-state index in [2.05, 4.69) is 6.08 Å². The van der Waals surface area contributed by atoms with Crippen LogP contribution in [0.4, 0.5) is 0 Å². The zero-order valence-electron chi connectivity index (χ0n) is 11.9. The predicted octanol–water partition coefficient (Wildman–Crippen LogP) is 3.44. The minimum atomic E-state index is -0.680. The van der Waals surface area contributed by atoms with Crippen LogP contribution in [0.5, 0.6) is 0 Å². The van der Waals surface area contributed by atoms with Gasteiger partial charge >= 0.3 is 0 Å². The Morgan fingerprint density at radius 3 is 2.68 bits per heavy atom. The van der Waals surface area contributed by atoms with Crippen molar-refractivity contribution in [2.45, 2.75) is 18.9 Å². The van der Waals surface area contributed by atoms with Gasteiger partial charge < -0.3 is 9.52 Å². The summed E-state index contributed by atoms with van der Waals surface area (Å²) >= 11 is 6.31. The van der Waals surface area contributed by atoms with E-state index < -0.39 is 6.10 Å². The highest BCUT2D eigenvalue weighted by Crippen LogP contribution is 2.27. The van der Waals surface area contributed by atoms with E-state index in [0.717, 1.165) is 50.6 Å². The zero-order chi connectivity index (χ0) is 15.1. The number of aliphatic hydroxyl groups is 1. The van der Waals surface area contributed by atoms with Crippen molar-refractivity contribution < 1.29 is 9.52 Å². The van der Waals surface area contributed by atoms with Crippen molar-refractivity contribution in [2.75, 3.05) is 0 Å². The van der Waals surface area contributed by atoms with Gasteiger partial charge in [-0.25, -0.2) is 0 Å². The van der Waals surface area contributed by atoms with Gasteiger partial charge in [0.05, 0.1) is 5.03 Å². The molecule has 2 aromatic carbocycles. The Morgan fingerprint density at radius 2 is 1.86 bits per heavy atom. The summed E-state index contributed by atoms with van der Waals surface area (Å²) in [5.74, 6) is 0. The summed E-state index contributed by atoms with van der Waals surface area (Å²) in [5, 5.41) is 13.5. The minimum Gasteiger partial charge on any atom is -0.455 e. The summed E-state index contributed by atoms with van der Waals surface area (Å²) in [6.45, 7) is 0. The molecule has 1 unspecified atom stereocenters. The topological polar surface area (TPSA) is 33.4 Å². The Balaban J connectivity index is 2.03. The second-order valence-electron chi connectivity index (χ2n) is 5.53. The summed E-state index contributed by atoms with van der Waals surface area (Å²) < 4.78 is 5.92. The number of aliphatic hydroxyl groups excluding tert-OH is 1. The highest BCUT2D eigenvalue weighted by Gasteiger charge is 2.18. The van der Waals surface area contributed by atoms with E-state index in [9.17, 15) is 5.11 Å². The molecule has 4 rings (SSSR count). The smallest absolute Gasteiger partial charge is 0.149 e. The Labute approximate surface area is 133 Å². The molecule has 2 nitrogen and oxygen atoms in total. The van der Waals surface area contributed by atoms with Crippen LogP contribution >= 0.6 is 11.6 Å². The van der Waals surface area contributed by atoms with Gasteiger partial charge in [0, 0.05) is 10.6 Å². The summed E-state index contributed by atoms with van der Waals surface area (Å²) in [6.07, 6.45) is 3.18. The Morgan fingerprint density at radius 1 is 1.05 bits per heavy atom. The Kier molecular flexibility index (Phi) is 3.29. The van der Waals surface area contributed by atoms with Gasteiger partial charge in [0.2, 0.25) is 0 Å². The first-order valence-corrected chi connectivity index (χ1v) is 7.77. The lowest BCUT2D eigenvalue weighted by atomic mass is 9.97. The van der Waals surface area contributed by atoms with Crippen molar-refractivity contribution >= 4 is 33.7 Å². The Hall–Kier alpha value is -2.03. The number of furan rings is 1. The van der Waals surface area contributed by atoms with E-state index in [-0.39, 0.29) is 0 Å². The minimum absolute atomic E-state index is 0.680. The van der Waals surface area contributed by atoms with Gasteiger partial charge in [-0.15, -0.1) is 0 Å². The first-order valence-electron chi connectivity index (χ1n) is 7.39. The summed E-state index contributed by atoms with van der Waals surface area (Å²) in [4.78, 5) is 0. The number of fused-ring (bicyclic) bond motifs is 3. The maximum absolute atomic E-state index is 10.8. The van der Waals surface area contributed by atoms with Crippen molar-refractivity contribution in [1.29, 1.82) is 0 Å². The van der Waals surface area contributed by atoms with Crippen LogP contribution in [0.2, 0.25) is 0 Å². The standard InChI is InChI=1S/C19H15ClO2/c20-15-10-4-9-14-17-13(8-5-11-16(17)22-19(14)15)18(21)12-6-2-1-3-7-12/h1-3,5-9,11,18,21H,4,10H2. The number of benzene rings is 2. The molecule has 1 atom stereocenters. The molecule has 1 aliphatic carbocycles. The third kappa shape index (κ3) is 2.07. The normalized spacial score (nSPS) is 15.5. The van der Waals surface area contributed by atoms with E-state index in [0.29, 0.717) is 0 Å². The average molecular weight is 311 g/mol. The fraction of sp³-hybridized carbons (Fsp3) is 0.158. The van der Waals surface area contributed by atoms with E-state index in [1.807, 2.05) is 48.5 Å². The number of rotatable bonds is 2.